The fourth-order valence-electron chi connectivity index (χ4n) is 2.56. The lowest BCUT2D eigenvalue weighted by Gasteiger charge is -2.17. The van der Waals surface area contributed by atoms with E-state index in [1.54, 1.807) is 7.11 Å². The van der Waals surface area contributed by atoms with Crippen LogP contribution in [-0.4, -0.2) is 32.3 Å². The van der Waals surface area contributed by atoms with E-state index in [9.17, 15) is 4.79 Å². The van der Waals surface area contributed by atoms with Crippen molar-refractivity contribution in [3.05, 3.63) is 23.8 Å². The Morgan fingerprint density at radius 2 is 2.24 bits per heavy atom. The van der Waals surface area contributed by atoms with E-state index in [0.717, 1.165) is 30.0 Å². The predicted octanol–water partition coefficient (Wildman–Crippen LogP) is 2.66. The number of aryl methyl sites for hydroxylation is 1. The Hall–Kier alpha value is -1.75. The van der Waals surface area contributed by atoms with E-state index in [1.165, 1.54) is 19.3 Å². The van der Waals surface area contributed by atoms with Crippen LogP contribution in [-0.2, 0) is 0 Å². The summed E-state index contributed by atoms with van der Waals surface area (Å²) in [5.41, 5.74) is 1.79. The standard InChI is InChI=1S/C16H25N3O2/c1-12-10-14(21-2)7-8-15(12)19-16(20)18-11-13-6-4-3-5-9-17-13/h7-8,10,13,17H,3-6,9,11H2,1-2H3,(H2,18,19,20)/t13-/m0/s1. The minimum absolute atomic E-state index is 0.158. The first-order chi connectivity index (χ1) is 10.2. The van der Waals surface area contributed by atoms with Crippen LogP contribution >= 0.6 is 0 Å². The van der Waals surface area contributed by atoms with Gasteiger partial charge in [0.05, 0.1) is 7.11 Å². The number of urea groups is 1. The van der Waals surface area contributed by atoms with Gasteiger partial charge in [-0.15, -0.1) is 0 Å². The number of ether oxygens (including phenoxy) is 1. The van der Waals surface area contributed by atoms with Crippen LogP contribution in [0, 0.1) is 6.92 Å². The number of amides is 2. The van der Waals surface area contributed by atoms with Gasteiger partial charge in [-0.25, -0.2) is 4.79 Å². The molecule has 1 fully saturated rings. The average Bonchev–Trinajstić information content (AvgIpc) is 2.76. The second kappa shape index (κ2) is 7.88. The Balaban J connectivity index is 1.81. The van der Waals surface area contributed by atoms with Crippen LogP contribution in [0.15, 0.2) is 18.2 Å². The van der Waals surface area contributed by atoms with Gasteiger partial charge in [-0.05, 0) is 50.1 Å². The van der Waals surface area contributed by atoms with Crippen LogP contribution in [0.3, 0.4) is 0 Å². The molecule has 116 valence electrons. The summed E-state index contributed by atoms with van der Waals surface area (Å²) < 4.78 is 5.16. The van der Waals surface area contributed by atoms with Crippen molar-refractivity contribution in [2.24, 2.45) is 0 Å². The van der Waals surface area contributed by atoms with E-state index < -0.39 is 0 Å². The maximum Gasteiger partial charge on any atom is 0.319 e. The van der Waals surface area contributed by atoms with E-state index >= 15 is 0 Å². The minimum atomic E-state index is -0.158. The third-order valence-corrected chi connectivity index (χ3v) is 3.85. The molecular formula is C16H25N3O2. The molecule has 0 unspecified atom stereocenters. The highest BCUT2D eigenvalue weighted by Gasteiger charge is 2.12. The maximum absolute atomic E-state index is 12.0. The Morgan fingerprint density at radius 3 is 3.00 bits per heavy atom. The van der Waals surface area contributed by atoms with E-state index in [0.29, 0.717) is 12.6 Å². The van der Waals surface area contributed by atoms with Crippen molar-refractivity contribution in [1.29, 1.82) is 0 Å². The zero-order valence-corrected chi connectivity index (χ0v) is 12.9. The molecule has 0 aliphatic carbocycles. The Labute approximate surface area is 126 Å². The molecule has 0 spiro atoms. The molecule has 1 aliphatic heterocycles. The van der Waals surface area contributed by atoms with Gasteiger partial charge in [0, 0.05) is 18.3 Å². The second-order valence-electron chi connectivity index (χ2n) is 5.52. The number of anilines is 1. The summed E-state index contributed by atoms with van der Waals surface area (Å²) in [6.45, 7) is 3.66. The first-order valence-electron chi connectivity index (χ1n) is 7.62. The number of nitrogens with one attached hydrogen (secondary N) is 3. The van der Waals surface area contributed by atoms with Gasteiger partial charge in [0.15, 0.2) is 0 Å². The Morgan fingerprint density at radius 1 is 1.38 bits per heavy atom. The van der Waals surface area contributed by atoms with Crippen molar-refractivity contribution in [3.63, 3.8) is 0 Å². The van der Waals surface area contributed by atoms with E-state index in [-0.39, 0.29) is 6.03 Å². The summed E-state index contributed by atoms with van der Waals surface area (Å²) in [5.74, 6) is 0.793. The van der Waals surface area contributed by atoms with Gasteiger partial charge in [0.25, 0.3) is 0 Å². The summed E-state index contributed by atoms with van der Waals surface area (Å²) in [6, 6.07) is 5.83. The zero-order chi connectivity index (χ0) is 15.1. The summed E-state index contributed by atoms with van der Waals surface area (Å²) in [5, 5.41) is 9.29. The predicted molar refractivity (Wildman–Crippen MR) is 85.0 cm³/mol. The highest BCUT2D eigenvalue weighted by molar-refractivity contribution is 5.90. The molecule has 1 heterocycles. The van der Waals surface area contributed by atoms with Gasteiger partial charge in [-0.3, -0.25) is 0 Å². The van der Waals surface area contributed by atoms with Crippen molar-refractivity contribution < 1.29 is 9.53 Å². The average molecular weight is 291 g/mol. The van der Waals surface area contributed by atoms with Gasteiger partial charge >= 0.3 is 6.03 Å². The van der Waals surface area contributed by atoms with Gasteiger partial charge in [0.1, 0.15) is 5.75 Å². The molecule has 0 saturated carbocycles. The molecule has 2 amide bonds. The van der Waals surface area contributed by atoms with Crippen LogP contribution in [0.2, 0.25) is 0 Å². The van der Waals surface area contributed by atoms with Crippen LogP contribution in [0.4, 0.5) is 10.5 Å². The van der Waals surface area contributed by atoms with Crippen LogP contribution in [0.5, 0.6) is 5.75 Å². The van der Waals surface area contributed by atoms with Crippen molar-refractivity contribution in [1.82, 2.24) is 10.6 Å². The van der Waals surface area contributed by atoms with Gasteiger partial charge in [-0.1, -0.05) is 12.8 Å². The SMILES string of the molecule is COc1ccc(NC(=O)NC[C@@H]2CCCCCN2)c(C)c1. The number of benzene rings is 1. The molecule has 1 aliphatic rings. The number of carbonyl (C=O) groups excluding carboxylic acids is 1. The van der Waals surface area contributed by atoms with Crippen molar-refractivity contribution >= 4 is 11.7 Å². The molecule has 1 atom stereocenters. The fraction of sp³-hybridized carbons (Fsp3) is 0.562. The largest absolute Gasteiger partial charge is 0.497 e. The zero-order valence-electron chi connectivity index (χ0n) is 12.9. The lowest BCUT2D eigenvalue weighted by atomic mass is 10.1. The molecule has 1 saturated heterocycles. The molecule has 0 radical (unpaired) electrons. The van der Waals surface area contributed by atoms with Gasteiger partial charge < -0.3 is 20.7 Å². The summed E-state index contributed by atoms with van der Waals surface area (Å²) in [4.78, 5) is 12.0. The number of methoxy groups -OCH3 is 1. The summed E-state index contributed by atoms with van der Waals surface area (Å²) >= 11 is 0. The first kappa shape index (κ1) is 15.6. The third-order valence-electron chi connectivity index (χ3n) is 3.85. The molecule has 3 N–H and O–H groups in total. The fourth-order valence-corrected chi connectivity index (χ4v) is 2.56. The lowest BCUT2D eigenvalue weighted by molar-refractivity contribution is 0.250. The summed E-state index contributed by atoms with van der Waals surface area (Å²) in [7, 11) is 1.63. The van der Waals surface area contributed by atoms with Gasteiger partial charge in [0.2, 0.25) is 0 Å². The Kier molecular flexibility index (Phi) is 5.87. The van der Waals surface area contributed by atoms with Crippen molar-refractivity contribution in [2.75, 3.05) is 25.5 Å². The lowest BCUT2D eigenvalue weighted by Crippen LogP contribution is -2.42. The van der Waals surface area contributed by atoms with Crippen LogP contribution in [0.25, 0.3) is 0 Å². The van der Waals surface area contributed by atoms with Crippen molar-refractivity contribution in [2.45, 2.75) is 38.6 Å². The van der Waals surface area contributed by atoms with Gasteiger partial charge in [-0.2, -0.15) is 0 Å². The van der Waals surface area contributed by atoms with Crippen molar-refractivity contribution in [3.8, 4) is 5.75 Å². The highest BCUT2D eigenvalue weighted by Crippen LogP contribution is 2.20. The van der Waals surface area contributed by atoms with Crippen LogP contribution < -0.4 is 20.7 Å². The molecule has 2 rings (SSSR count). The maximum atomic E-state index is 12.0. The molecule has 5 nitrogen and oxygen atoms in total. The molecule has 0 aromatic heterocycles. The van der Waals surface area contributed by atoms with E-state index in [1.807, 2.05) is 25.1 Å². The quantitative estimate of drug-likeness (QED) is 0.799. The van der Waals surface area contributed by atoms with E-state index in [2.05, 4.69) is 16.0 Å². The topological polar surface area (TPSA) is 62.4 Å². The molecule has 1 aromatic rings. The normalized spacial score (nSPS) is 18.7. The highest BCUT2D eigenvalue weighted by atomic mass is 16.5. The number of carbonyl (C=O) groups is 1. The summed E-state index contributed by atoms with van der Waals surface area (Å²) in [6.07, 6.45) is 4.87. The second-order valence-corrected chi connectivity index (χ2v) is 5.52. The molecular weight excluding hydrogens is 266 g/mol. The van der Waals surface area contributed by atoms with E-state index in [4.69, 9.17) is 4.74 Å². The molecule has 21 heavy (non-hydrogen) atoms. The minimum Gasteiger partial charge on any atom is -0.497 e. The molecule has 0 bridgehead atoms. The monoisotopic (exact) mass is 291 g/mol. The third kappa shape index (κ3) is 4.93. The number of hydrogen-bond acceptors (Lipinski definition) is 3. The molecule has 1 aromatic carbocycles. The first-order valence-corrected chi connectivity index (χ1v) is 7.62. The Bertz CT molecular complexity index is 469. The smallest absolute Gasteiger partial charge is 0.319 e. The van der Waals surface area contributed by atoms with Crippen LogP contribution in [0.1, 0.15) is 31.2 Å². The number of hydrogen-bond donors (Lipinski definition) is 3. The number of rotatable bonds is 4. The molecule has 5 heteroatoms.